The average Bonchev–Trinajstić information content (AvgIpc) is 3.44. The van der Waals surface area contributed by atoms with Crippen molar-refractivity contribution in [3.05, 3.63) is 101 Å². The number of hydrogen-bond acceptors (Lipinski definition) is 4. The lowest BCUT2D eigenvalue weighted by Crippen LogP contribution is -2.37. The van der Waals surface area contributed by atoms with Crippen LogP contribution in [0.4, 0.5) is 14.5 Å². The van der Waals surface area contributed by atoms with E-state index >= 15 is 0 Å². The van der Waals surface area contributed by atoms with Crippen molar-refractivity contribution in [3.63, 3.8) is 0 Å². The summed E-state index contributed by atoms with van der Waals surface area (Å²) in [6, 6.07) is 16.7. The van der Waals surface area contributed by atoms with Gasteiger partial charge in [0.15, 0.2) is 5.82 Å². The van der Waals surface area contributed by atoms with Crippen LogP contribution in [0.1, 0.15) is 45.0 Å². The molecule has 0 spiro atoms. The number of carbonyl (C=O) groups excluding carboxylic acids is 2. The minimum Gasteiger partial charge on any atom is -0.479 e. The first-order chi connectivity index (χ1) is 18.4. The van der Waals surface area contributed by atoms with E-state index in [0.29, 0.717) is 24.3 Å². The third-order valence-electron chi connectivity index (χ3n) is 6.80. The highest BCUT2D eigenvalue weighted by Gasteiger charge is 2.25. The molecule has 3 heterocycles. The Morgan fingerprint density at radius 1 is 1.03 bits per heavy atom. The minimum atomic E-state index is -0.809. The number of likely N-dealkylation sites (tertiary alicyclic amines) is 1. The van der Waals surface area contributed by atoms with Crippen molar-refractivity contribution >= 4 is 17.5 Å². The summed E-state index contributed by atoms with van der Waals surface area (Å²) in [6.07, 6.45) is 4.63. The first kappa shape index (κ1) is 25.1. The molecule has 38 heavy (non-hydrogen) atoms. The SMILES string of the molecule is COc1nccc(C(=O)Nc2ccc(C3CCN(C(=O)c4c[nH]c(-c5ccc(F)cc5)c4)CC3)cc2)c1F. The number of halogens is 2. The minimum absolute atomic E-state index is 0.0360. The van der Waals surface area contributed by atoms with Crippen LogP contribution < -0.4 is 10.1 Å². The molecule has 0 atom stereocenters. The molecule has 0 saturated carbocycles. The van der Waals surface area contributed by atoms with Crippen LogP contribution in [0.2, 0.25) is 0 Å². The van der Waals surface area contributed by atoms with Gasteiger partial charge >= 0.3 is 0 Å². The molecule has 2 amide bonds. The maximum Gasteiger partial charge on any atom is 0.258 e. The lowest BCUT2D eigenvalue weighted by molar-refractivity contribution is 0.0713. The molecule has 2 N–H and O–H groups in total. The van der Waals surface area contributed by atoms with Gasteiger partial charge in [-0.1, -0.05) is 12.1 Å². The summed E-state index contributed by atoms with van der Waals surface area (Å²) in [5.41, 5.74) is 3.67. The molecule has 194 valence electrons. The predicted octanol–water partition coefficient (Wildman–Crippen LogP) is 5.64. The van der Waals surface area contributed by atoms with Crippen LogP contribution in [-0.2, 0) is 0 Å². The number of rotatable bonds is 6. The van der Waals surface area contributed by atoms with Gasteiger partial charge in [-0.15, -0.1) is 0 Å². The van der Waals surface area contributed by atoms with Crippen LogP contribution in [0.3, 0.4) is 0 Å². The van der Waals surface area contributed by atoms with Gasteiger partial charge < -0.3 is 19.9 Å². The van der Waals surface area contributed by atoms with E-state index < -0.39 is 11.7 Å². The maximum absolute atomic E-state index is 14.3. The van der Waals surface area contributed by atoms with Crippen molar-refractivity contribution in [1.29, 1.82) is 0 Å². The molecule has 1 fully saturated rings. The lowest BCUT2D eigenvalue weighted by Gasteiger charge is -2.32. The van der Waals surface area contributed by atoms with Crippen molar-refractivity contribution in [2.24, 2.45) is 0 Å². The second kappa shape index (κ2) is 10.8. The Bertz CT molecular complexity index is 1440. The fourth-order valence-corrected chi connectivity index (χ4v) is 4.69. The zero-order chi connectivity index (χ0) is 26.6. The number of aromatic nitrogens is 2. The van der Waals surface area contributed by atoms with Gasteiger partial charge in [0.25, 0.3) is 17.7 Å². The number of hydrogen-bond donors (Lipinski definition) is 2. The molecule has 1 aliphatic rings. The Balaban J connectivity index is 1.17. The molecular weight excluding hydrogens is 490 g/mol. The lowest BCUT2D eigenvalue weighted by atomic mass is 9.89. The number of pyridine rings is 1. The number of anilines is 1. The number of nitrogens with zero attached hydrogens (tertiary/aromatic N) is 2. The van der Waals surface area contributed by atoms with Gasteiger partial charge in [0.2, 0.25) is 0 Å². The Labute approximate surface area is 218 Å². The molecule has 0 unspecified atom stereocenters. The van der Waals surface area contributed by atoms with Crippen molar-refractivity contribution < 1.29 is 23.1 Å². The zero-order valence-electron chi connectivity index (χ0n) is 20.7. The topological polar surface area (TPSA) is 87.3 Å². The first-order valence-corrected chi connectivity index (χ1v) is 12.3. The summed E-state index contributed by atoms with van der Waals surface area (Å²) in [5, 5.41) is 2.70. The summed E-state index contributed by atoms with van der Waals surface area (Å²) in [4.78, 5) is 34.2. The van der Waals surface area contributed by atoms with Crippen LogP contribution in [0.25, 0.3) is 11.3 Å². The third-order valence-corrected chi connectivity index (χ3v) is 6.80. The van der Waals surface area contributed by atoms with Gasteiger partial charge in [-0.05, 0) is 78.4 Å². The van der Waals surface area contributed by atoms with Crippen molar-refractivity contribution in [3.8, 4) is 17.1 Å². The van der Waals surface area contributed by atoms with E-state index in [-0.39, 0.29) is 29.1 Å². The highest BCUT2D eigenvalue weighted by molar-refractivity contribution is 6.04. The molecule has 5 rings (SSSR count). The number of carbonyl (C=O) groups is 2. The molecular formula is C29H26F2N4O3. The molecule has 1 aliphatic heterocycles. The predicted molar refractivity (Wildman–Crippen MR) is 139 cm³/mol. The van der Waals surface area contributed by atoms with Crippen LogP contribution in [0, 0.1) is 11.6 Å². The summed E-state index contributed by atoms with van der Waals surface area (Å²) < 4.78 is 32.4. The molecule has 7 nitrogen and oxygen atoms in total. The molecule has 1 saturated heterocycles. The third kappa shape index (κ3) is 5.27. The average molecular weight is 517 g/mol. The summed E-state index contributed by atoms with van der Waals surface area (Å²) >= 11 is 0. The summed E-state index contributed by atoms with van der Waals surface area (Å²) in [7, 11) is 1.29. The highest BCUT2D eigenvalue weighted by atomic mass is 19.1. The standard InChI is InChI=1S/C29H26F2N4O3/c1-38-28-26(31)24(10-13-32-28)27(36)34-23-8-4-18(5-9-23)19-11-14-35(15-12-19)29(37)21-16-25(33-17-21)20-2-6-22(30)7-3-20/h2-10,13,16-17,19,33H,11-12,14-15H2,1H3,(H,34,36). The van der Waals surface area contributed by atoms with Gasteiger partial charge in [0.1, 0.15) is 5.82 Å². The highest BCUT2D eigenvalue weighted by Crippen LogP contribution is 2.30. The Kier molecular flexibility index (Phi) is 7.17. The number of methoxy groups -OCH3 is 1. The molecule has 0 radical (unpaired) electrons. The van der Waals surface area contributed by atoms with E-state index in [2.05, 4.69) is 15.3 Å². The van der Waals surface area contributed by atoms with E-state index in [4.69, 9.17) is 4.74 Å². The molecule has 2 aromatic heterocycles. The smallest absolute Gasteiger partial charge is 0.258 e. The second-order valence-corrected chi connectivity index (χ2v) is 9.13. The zero-order valence-corrected chi connectivity index (χ0v) is 20.7. The summed E-state index contributed by atoms with van der Waals surface area (Å²) in [5.74, 6) is -1.69. The number of amides is 2. The molecule has 0 bridgehead atoms. The molecule has 2 aromatic carbocycles. The number of piperidine rings is 1. The molecule has 0 aliphatic carbocycles. The fraction of sp³-hybridized carbons (Fsp3) is 0.207. The van der Waals surface area contributed by atoms with Gasteiger partial charge in [0, 0.05) is 36.9 Å². The normalized spacial score (nSPS) is 13.8. The number of benzene rings is 2. The monoisotopic (exact) mass is 516 g/mol. The number of nitrogens with one attached hydrogen (secondary N) is 2. The number of aromatic amines is 1. The van der Waals surface area contributed by atoms with E-state index in [1.807, 2.05) is 17.0 Å². The Morgan fingerprint density at radius 3 is 2.42 bits per heavy atom. The fourth-order valence-electron chi connectivity index (χ4n) is 4.69. The van der Waals surface area contributed by atoms with Crippen molar-refractivity contribution in [2.45, 2.75) is 18.8 Å². The quantitative estimate of drug-likeness (QED) is 0.348. The first-order valence-electron chi connectivity index (χ1n) is 12.3. The number of H-pyrrole nitrogens is 1. The van der Waals surface area contributed by atoms with Gasteiger partial charge in [-0.2, -0.15) is 0 Å². The molecule has 9 heteroatoms. The van der Waals surface area contributed by atoms with E-state index in [1.165, 1.54) is 31.5 Å². The van der Waals surface area contributed by atoms with Crippen molar-refractivity contribution in [1.82, 2.24) is 14.9 Å². The van der Waals surface area contributed by atoms with Crippen LogP contribution >= 0.6 is 0 Å². The largest absolute Gasteiger partial charge is 0.479 e. The summed E-state index contributed by atoms with van der Waals surface area (Å²) in [6.45, 7) is 1.25. The van der Waals surface area contributed by atoms with E-state index in [1.54, 1.807) is 36.5 Å². The second-order valence-electron chi connectivity index (χ2n) is 9.13. The van der Waals surface area contributed by atoms with Gasteiger partial charge in [-0.3, -0.25) is 9.59 Å². The number of ether oxygens (including phenoxy) is 1. The maximum atomic E-state index is 14.3. The molecule has 4 aromatic rings. The van der Waals surface area contributed by atoms with Gasteiger partial charge in [-0.25, -0.2) is 13.8 Å². The Morgan fingerprint density at radius 2 is 1.74 bits per heavy atom. The van der Waals surface area contributed by atoms with Gasteiger partial charge in [0.05, 0.1) is 18.2 Å². The van der Waals surface area contributed by atoms with Crippen LogP contribution in [0.5, 0.6) is 5.88 Å². The van der Waals surface area contributed by atoms with Crippen molar-refractivity contribution in [2.75, 3.05) is 25.5 Å². The van der Waals surface area contributed by atoms with E-state index in [0.717, 1.165) is 29.7 Å². The van der Waals surface area contributed by atoms with Crippen LogP contribution in [-0.4, -0.2) is 46.9 Å². The van der Waals surface area contributed by atoms with E-state index in [9.17, 15) is 18.4 Å². The Hall–Kier alpha value is -4.53. The van der Waals surface area contributed by atoms with Crippen LogP contribution in [0.15, 0.2) is 73.1 Å².